The molecule has 0 radical (unpaired) electrons. The molecule has 5 nitrogen and oxygen atoms in total. The molecule has 0 aromatic heterocycles. The van der Waals surface area contributed by atoms with Crippen LogP contribution in [0.25, 0.3) is 0 Å². The van der Waals surface area contributed by atoms with Crippen LogP contribution in [-0.4, -0.2) is 39.5 Å². The summed E-state index contributed by atoms with van der Waals surface area (Å²) in [6.45, 7) is 0.923. The predicted molar refractivity (Wildman–Crippen MR) is 91.9 cm³/mol. The molecule has 0 bridgehead atoms. The summed E-state index contributed by atoms with van der Waals surface area (Å²) in [6, 6.07) is 13.7. The van der Waals surface area contributed by atoms with E-state index in [2.05, 4.69) is 0 Å². The Balaban J connectivity index is 1.82. The molecule has 128 valence electrons. The van der Waals surface area contributed by atoms with Gasteiger partial charge in [-0.1, -0.05) is 23.7 Å². The molecule has 1 heterocycles. The van der Waals surface area contributed by atoms with E-state index >= 15 is 0 Å². The van der Waals surface area contributed by atoms with Crippen LogP contribution in [0.1, 0.15) is 11.7 Å². The van der Waals surface area contributed by atoms with Crippen molar-refractivity contribution >= 4 is 21.6 Å². The van der Waals surface area contributed by atoms with Gasteiger partial charge in [0.25, 0.3) is 0 Å². The molecule has 1 unspecified atom stereocenters. The van der Waals surface area contributed by atoms with E-state index in [9.17, 15) is 8.42 Å². The summed E-state index contributed by atoms with van der Waals surface area (Å²) in [5, 5.41) is 0.603. The summed E-state index contributed by atoms with van der Waals surface area (Å²) < 4.78 is 37.9. The van der Waals surface area contributed by atoms with Gasteiger partial charge >= 0.3 is 0 Å². The highest BCUT2D eigenvalue weighted by molar-refractivity contribution is 7.89. The Labute approximate surface area is 146 Å². The molecule has 0 saturated carbocycles. The maximum absolute atomic E-state index is 12.8. The first kappa shape index (κ1) is 17.2. The van der Waals surface area contributed by atoms with Crippen LogP contribution < -0.4 is 4.74 Å². The lowest BCUT2D eigenvalue weighted by Crippen LogP contribution is -2.42. The lowest BCUT2D eigenvalue weighted by molar-refractivity contribution is -0.00255. The fourth-order valence-electron chi connectivity index (χ4n) is 2.65. The number of rotatable bonds is 4. The van der Waals surface area contributed by atoms with E-state index in [1.807, 2.05) is 12.1 Å². The van der Waals surface area contributed by atoms with Crippen LogP contribution in [0.3, 0.4) is 0 Å². The van der Waals surface area contributed by atoms with Crippen LogP contribution in [0, 0.1) is 0 Å². The molecule has 7 heteroatoms. The van der Waals surface area contributed by atoms with Crippen LogP contribution >= 0.6 is 11.6 Å². The average Bonchev–Trinajstić information content (AvgIpc) is 2.62. The van der Waals surface area contributed by atoms with Crippen LogP contribution in [0.4, 0.5) is 0 Å². The Bertz CT molecular complexity index is 808. The fraction of sp³-hybridized carbons (Fsp3) is 0.294. The third-order valence-corrected chi connectivity index (χ3v) is 6.06. The van der Waals surface area contributed by atoms with Gasteiger partial charge in [-0.2, -0.15) is 4.31 Å². The molecule has 2 aromatic carbocycles. The normalized spacial score (nSPS) is 19.2. The topological polar surface area (TPSA) is 55.8 Å². The van der Waals surface area contributed by atoms with Crippen LogP contribution in [0.15, 0.2) is 53.4 Å². The summed E-state index contributed by atoms with van der Waals surface area (Å²) in [5.41, 5.74) is 0.872. The summed E-state index contributed by atoms with van der Waals surface area (Å²) in [4.78, 5) is 0.245. The molecule has 0 N–H and O–H groups in total. The maximum atomic E-state index is 12.8. The lowest BCUT2D eigenvalue weighted by Gasteiger charge is -2.32. The van der Waals surface area contributed by atoms with Crippen molar-refractivity contribution in [1.82, 2.24) is 4.31 Å². The van der Waals surface area contributed by atoms with Gasteiger partial charge in [0, 0.05) is 18.1 Å². The zero-order valence-electron chi connectivity index (χ0n) is 13.2. The number of benzene rings is 2. The van der Waals surface area contributed by atoms with Gasteiger partial charge in [0.2, 0.25) is 10.0 Å². The minimum absolute atomic E-state index is 0.245. The lowest BCUT2D eigenvalue weighted by atomic mass is 10.1. The quantitative estimate of drug-likeness (QED) is 0.833. The first-order valence-electron chi connectivity index (χ1n) is 7.52. The molecule has 1 atom stereocenters. The molecular formula is C17H18ClNO4S. The monoisotopic (exact) mass is 367 g/mol. The second-order valence-corrected chi connectivity index (χ2v) is 7.83. The van der Waals surface area contributed by atoms with E-state index in [0.717, 1.165) is 5.56 Å². The Kier molecular flexibility index (Phi) is 5.10. The molecular weight excluding hydrogens is 350 g/mol. The molecule has 24 heavy (non-hydrogen) atoms. The van der Waals surface area contributed by atoms with E-state index < -0.39 is 10.0 Å². The van der Waals surface area contributed by atoms with Gasteiger partial charge in [-0.05, 0) is 42.0 Å². The minimum Gasteiger partial charge on any atom is -0.497 e. The van der Waals surface area contributed by atoms with Crippen molar-refractivity contribution in [2.75, 3.05) is 26.8 Å². The number of methoxy groups -OCH3 is 1. The van der Waals surface area contributed by atoms with E-state index in [0.29, 0.717) is 23.9 Å². The predicted octanol–water partition coefficient (Wildman–Crippen LogP) is 3.11. The van der Waals surface area contributed by atoms with Crippen molar-refractivity contribution in [1.29, 1.82) is 0 Å². The molecule has 1 aliphatic rings. The first-order valence-corrected chi connectivity index (χ1v) is 9.34. The first-order chi connectivity index (χ1) is 11.5. The van der Waals surface area contributed by atoms with Gasteiger partial charge in [0.1, 0.15) is 5.75 Å². The zero-order chi connectivity index (χ0) is 17.2. The van der Waals surface area contributed by atoms with Gasteiger partial charge in [0.05, 0.1) is 24.7 Å². The smallest absolute Gasteiger partial charge is 0.243 e. The number of nitrogens with zero attached hydrogens (tertiary/aromatic N) is 1. The van der Waals surface area contributed by atoms with Crippen molar-refractivity contribution in [2.24, 2.45) is 0 Å². The number of hydrogen-bond donors (Lipinski definition) is 0. The Morgan fingerprint density at radius 2 is 1.96 bits per heavy atom. The van der Waals surface area contributed by atoms with E-state index in [1.165, 1.54) is 4.31 Å². The summed E-state index contributed by atoms with van der Waals surface area (Å²) in [7, 11) is -2.03. The van der Waals surface area contributed by atoms with Gasteiger partial charge in [-0.15, -0.1) is 0 Å². The van der Waals surface area contributed by atoms with Crippen molar-refractivity contribution in [2.45, 2.75) is 11.0 Å². The number of morpholine rings is 1. The second-order valence-electron chi connectivity index (χ2n) is 5.45. The SMILES string of the molecule is COc1ccc(S(=O)(=O)N2CCOC(c3cccc(Cl)c3)C2)cc1. The van der Waals surface area contributed by atoms with E-state index in [1.54, 1.807) is 43.5 Å². The van der Waals surface area contributed by atoms with Crippen LogP contribution in [-0.2, 0) is 14.8 Å². The highest BCUT2D eigenvalue weighted by atomic mass is 35.5. The molecule has 0 amide bonds. The maximum Gasteiger partial charge on any atom is 0.243 e. The molecule has 0 spiro atoms. The third kappa shape index (κ3) is 3.57. The highest BCUT2D eigenvalue weighted by Crippen LogP contribution is 2.28. The van der Waals surface area contributed by atoms with Gasteiger partial charge in [0.15, 0.2) is 0 Å². The molecule has 1 aliphatic heterocycles. The minimum atomic E-state index is -3.57. The largest absolute Gasteiger partial charge is 0.497 e. The molecule has 0 aliphatic carbocycles. The standard InChI is InChI=1S/C17H18ClNO4S/c1-22-15-5-7-16(8-6-15)24(20,21)19-9-10-23-17(12-19)13-3-2-4-14(18)11-13/h2-8,11,17H,9-10,12H2,1H3. The zero-order valence-corrected chi connectivity index (χ0v) is 14.8. The van der Waals surface area contributed by atoms with Crippen molar-refractivity contribution in [3.05, 3.63) is 59.1 Å². The highest BCUT2D eigenvalue weighted by Gasteiger charge is 2.31. The summed E-state index contributed by atoms with van der Waals surface area (Å²) in [5.74, 6) is 0.618. The van der Waals surface area contributed by atoms with Crippen LogP contribution in [0.2, 0.25) is 5.02 Å². The fourth-order valence-corrected chi connectivity index (χ4v) is 4.27. The van der Waals surface area contributed by atoms with Gasteiger partial charge in [-0.25, -0.2) is 8.42 Å². The van der Waals surface area contributed by atoms with Crippen LogP contribution in [0.5, 0.6) is 5.75 Å². The second kappa shape index (κ2) is 7.11. The van der Waals surface area contributed by atoms with Gasteiger partial charge in [-0.3, -0.25) is 0 Å². The Hall–Kier alpha value is -1.60. The van der Waals surface area contributed by atoms with Crippen molar-refractivity contribution < 1.29 is 17.9 Å². The Morgan fingerprint density at radius 3 is 2.62 bits per heavy atom. The van der Waals surface area contributed by atoms with Crippen molar-refractivity contribution in [3.63, 3.8) is 0 Å². The van der Waals surface area contributed by atoms with E-state index in [4.69, 9.17) is 21.1 Å². The van der Waals surface area contributed by atoms with Gasteiger partial charge < -0.3 is 9.47 Å². The number of hydrogen-bond acceptors (Lipinski definition) is 4. The molecule has 3 rings (SSSR count). The Morgan fingerprint density at radius 1 is 1.21 bits per heavy atom. The number of ether oxygens (including phenoxy) is 2. The van der Waals surface area contributed by atoms with E-state index in [-0.39, 0.29) is 17.5 Å². The van der Waals surface area contributed by atoms with Crippen molar-refractivity contribution in [3.8, 4) is 5.75 Å². The summed E-state index contributed by atoms with van der Waals surface area (Å²) >= 11 is 6.02. The molecule has 2 aromatic rings. The molecule has 1 fully saturated rings. The average molecular weight is 368 g/mol. The number of sulfonamides is 1. The third-order valence-electron chi connectivity index (χ3n) is 3.95. The summed E-state index contributed by atoms with van der Waals surface area (Å²) in [6.07, 6.45) is -0.328. The number of halogens is 1. The molecule has 1 saturated heterocycles.